The van der Waals surface area contributed by atoms with Crippen molar-refractivity contribution in [3.8, 4) is 0 Å². The van der Waals surface area contributed by atoms with Gasteiger partial charge in [-0.25, -0.2) is 9.97 Å². The highest BCUT2D eigenvalue weighted by atomic mass is 32.1. The molecule has 0 N–H and O–H groups in total. The summed E-state index contributed by atoms with van der Waals surface area (Å²) in [5.74, 6) is 0.554. The normalized spacial score (nSPS) is 17.0. The molecule has 0 bridgehead atoms. The molecule has 7 heteroatoms. The Kier molecular flexibility index (Phi) is 3.97. The third kappa shape index (κ3) is 3.20. The van der Waals surface area contributed by atoms with E-state index in [4.69, 9.17) is 0 Å². The van der Waals surface area contributed by atoms with E-state index in [9.17, 15) is 4.79 Å². The fourth-order valence-electron chi connectivity index (χ4n) is 3.20. The molecule has 0 atom stereocenters. The van der Waals surface area contributed by atoms with Crippen molar-refractivity contribution in [2.24, 2.45) is 5.92 Å². The van der Waals surface area contributed by atoms with E-state index in [2.05, 4.69) is 30.8 Å². The van der Waals surface area contributed by atoms with E-state index >= 15 is 0 Å². The number of likely N-dealkylation sites (tertiary alicyclic amines) is 1. The molecule has 1 aliphatic heterocycles. The molecule has 0 spiro atoms. The Balaban J connectivity index is 1.33. The molecule has 4 heterocycles. The number of piperidine rings is 1. The lowest BCUT2D eigenvalue weighted by atomic mass is 9.96. The summed E-state index contributed by atoms with van der Waals surface area (Å²) in [5.41, 5.74) is 1.18. The van der Waals surface area contributed by atoms with E-state index in [-0.39, 0.29) is 5.56 Å². The van der Waals surface area contributed by atoms with E-state index in [0.717, 1.165) is 49.7 Å². The van der Waals surface area contributed by atoms with Gasteiger partial charge in [-0.2, -0.15) is 0 Å². The average Bonchev–Trinajstić information content (AvgIpc) is 3.13. The number of rotatable bonds is 4. The minimum absolute atomic E-state index is 0.0421. The predicted octanol–water partition coefficient (Wildman–Crippen LogP) is 1.86. The van der Waals surface area contributed by atoms with E-state index in [1.807, 2.05) is 6.20 Å². The zero-order chi connectivity index (χ0) is 15.6. The Morgan fingerprint density at radius 3 is 2.96 bits per heavy atom. The van der Waals surface area contributed by atoms with Crippen molar-refractivity contribution >= 4 is 16.3 Å². The first-order valence-electron chi connectivity index (χ1n) is 7.92. The van der Waals surface area contributed by atoms with Crippen LogP contribution >= 0.6 is 11.3 Å². The number of imidazole rings is 1. The predicted molar refractivity (Wildman–Crippen MR) is 89.6 cm³/mol. The van der Waals surface area contributed by atoms with E-state index in [0.29, 0.717) is 5.92 Å². The molecule has 4 rings (SSSR count). The number of fused-ring (bicyclic) bond motifs is 1. The van der Waals surface area contributed by atoms with Gasteiger partial charge in [0.25, 0.3) is 5.56 Å². The van der Waals surface area contributed by atoms with Crippen LogP contribution in [0.25, 0.3) is 4.96 Å². The van der Waals surface area contributed by atoms with E-state index in [1.165, 1.54) is 6.07 Å². The summed E-state index contributed by atoms with van der Waals surface area (Å²) in [4.78, 5) is 24.0. The molecule has 3 aromatic heterocycles. The van der Waals surface area contributed by atoms with E-state index < -0.39 is 0 Å². The highest BCUT2D eigenvalue weighted by molar-refractivity contribution is 7.15. The van der Waals surface area contributed by atoms with Crippen LogP contribution in [0, 0.1) is 5.92 Å². The van der Waals surface area contributed by atoms with Crippen molar-refractivity contribution in [1.29, 1.82) is 0 Å². The standard InChI is InChI=1S/C16H19N5OS/c22-15-1-4-17-12-21(15)9-13-2-5-19(6-3-13)10-14-11-20-7-8-23-16(20)18-14/h1,4,7-8,11-13H,2-3,5-6,9-10H2. The summed E-state index contributed by atoms with van der Waals surface area (Å²) >= 11 is 1.67. The van der Waals surface area contributed by atoms with Gasteiger partial charge >= 0.3 is 0 Å². The lowest BCUT2D eigenvalue weighted by molar-refractivity contribution is 0.165. The molecule has 3 aromatic rings. The number of thiazole rings is 1. The van der Waals surface area contributed by atoms with Crippen LogP contribution in [0.3, 0.4) is 0 Å². The maximum absolute atomic E-state index is 11.8. The summed E-state index contributed by atoms with van der Waals surface area (Å²) in [6.07, 6.45) is 9.60. The fourth-order valence-corrected chi connectivity index (χ4v) is 3.92. The molecule has 6 nitrogen and oxygen atoms in total. The number of nitrogens with zero attached hydrogens (tertiary/aromatic N) is 5. The largest absolute Gasteiger partial charge is 0.299 e. The van der Waals surface area contributed by atoms with Crippen molar-refractivity contribution in [2.45, 2.75) is 25.9 Å². The first-order valence-corrected chi connectivity index (χ1v) is 8.80. The smallest absolute Gasteiger partial charge is 0.253 e. The zero-order valence-corrected chi connectivity index (χ0v) is 13.7. The van der Waals surface area contributed by atoms with Crippen LogP contribution in [-0.4, -0.2) is 36.9 Å². The first-order chi connectivity index (χ1) is 11.3. The van der Waals surface area contributed by atoms with Gasteiger partial charge in [0.2, 0.25) is 0 Å². The molecule has 23 heavy (non-hydrogen) atoms. The molecular weight excluding hydrogens is 310 g/mol. The SMILES string of the molecule is O=c1ccncn1CC1CCN(Cc2cn3ccsc3n2)CC1. The maximum atomic E-state index is 11.8. The molecule has 0 aromatic carbocycles. The van der Waals surface area contributed by atoms with Crippen LogP contribution < -0.4 is 5.56 Å². The molecule has 120 valence electrons. The van der Waals surface area contributed by atoms with Crippen molar-refractivity contribution < 1.29 is 0 Å². The topological polar surface area (TPSA) is 55.4 Å². The lowest BCUT2D eigenvalue weighted by Crippen LogP contribution is -2.36. The molecule has 0 unspecified atom stereocenters. The molecule has 0 aliphatic carbocycles. The summed E-state index contributed by atoms with van der Waals surface area (Å²) in [6, 6.07) is 1.53. The molecule has 0 saturated carbocycles. The average molecular weight is 329 g/mol. The highest BCUT2D eigenvalue weighted by Crippen LogP contribution is 2.20. The number of hydrogen-bond donors (Lipinski definition) is 0. The monoisotopic (exact) mass is 329 g/mol. The van der Waals surface area contributed by atoms with Crippen LogP contribution in [0.1, 0.15) is 18.5 Å². The highest BCUT2D eigenvalue weighted by Gasteiger charge is 2.20. The third-order valence-electron chi connectivity index (χ3n) is 4.48. The minimum atomic E-state index is 0.0421. The van der Waals surface area contributed by atoms with Gasteiger partial charge in [-0.1, -0.05) is 0 Å². The Morgan fingerprint density at radius 1 is 1.30 bits per heavy atom. The number of hydrogen-bond acceptors (Lipinski definition) is 5. The second-order valence-corrected chi connectivity index (χ2v) is 6.99. The van der Waals surface area contributed by atoms with E-state index in [1.54, 1.807) is 28.4 Å². The van der Waals surface area contributed by atoms with Gasteiger partial charge in [0.1, 0.15) is 0 Å². The van der Waals surface area contributed by atoms with Crippen molar-refractivity contribution in [3.63, 3.8) is 0 Å². The maximum Gasteiger partial charge on any atom is 0.253 e. The zero-order valence-electron chi connectivity index (χ0n) is 12.8. The first kappa shape index (κ1) is 14.6. The second kappa shape index (κ2) is 6.25. The second-order valence-electron chi connectivity index (χ2n) is 6.12. The van der Waals surface area contributed by atoms with Crippen LogP contribution in [0.15, 0.2) is 41.2 Å². The summed E-state index contributed by atoms with van der Waals surface area (Å²) in [5, 5.41) is 2.05. The van der Waals surface area contributed by atoms with Crippen molar-refractivity contribution in [2.75, 3.05) is 13.1 Å². The van der Waals surface area contributed by atoms with Crippen LogP contribution in [0.2, 0.25) is 0 Å². The third-order valence-corrected chi connectivity index (χ3v) is 5.25. The molecule has 0 radical (unpaired) electrons. The van der Waals surface area contributed by atoms with Gasteiger partial charge in [-0.15, -0.1) is 11.3 Å². The summed E-state index contributed by atoms with van der Waals surface area (Å²) in [6.45, 7) is 3.81. The molecular formula is C16H19N5OS. The van der Waals surface area contributed by atoms with Gasteiger partial charge in [0.05, 0.1) is 12.0 Å². The Bertz CT molecular complexity index is 815. The molecule has 1 fully saturated rings. The Labute approximate surface area is 138 Å². The quantitative estimate of drug-likeness (QED) is 0.733. The van der Waals surface area contributed by atoms with Crippen LogP contribution in [0.5, 0.6) is 0 Å². The molecule has 0 amide bonds. The summed E-state index contributed by atoms with van der Waals surface area (Å²) < 4.78 is 3.81. The number of aromatic nitrogens is 4. The Hall–Kier alpha value is -1.99. The van der Waals surface area contributed by atoms with Crippen LogP contribution in [-0.2, 0) is 13.1 Å². The minimum Gasteiger partial charge on any atom is -0.299 e. The van der Waals surface area contributed by atoms with Crippen LogP contribution in [0.4, 0.5) is 0 Å². The van der Waals surface area contributed by atoms with Crippen molar-refractivity contribution in [3.05, 3.63) is 52.4 Å². The van der Waals surface area contributed by atoms with Gasteiger partial charge in [0, 0.05) is 43.1 Å². The Morgan fingerprint density at radius 2 is 2.17 bits per heavy atom. The van der Waals surface area contributed by atoms with Gasteiger partial charge in [-0.3, -0.25) is 18.7 Å². The lowest BCUT2D eigenvalue weighted by Gasteiger charge is -2.31. The summed E-state index contributed by atoms with van der Waals surface area (Å²) in [7, 11) is 0. The molecule has 1 aliphatic rings. The van der Waals surface area contributed by atoms with Crippen molar-refractivity contribution in [1.82, 2.24) is 23.8 Å². The molecule has 1 saturated heterocycles. The fraction of sp³-hybridized carbons (Fsp3) is 0.438. The van der Waals surface area contributed by atoms with Gasteiger partial charge in [-0.05, 0) is 31.8 Å². The van der Waals surface area contributed by atoms with Gasteiger partial charge in [0.15, 0.2) is 4.96 Å². The van der Waals surface area contributed by atoms with Gasteiger partial charge < -0.3 is 0 Å².